The molecule has 1 aliphatic heterocycles. The van der Waals surface area contributed by atoms with Gasteiger partial charge < -0.3 is 25.8 Å². The van der Waals surface area contributed by atoms with Gasteiger partial charge in [-0.15, -0.1) is 0 Å². The third-order valence-corrected chi connectivity index (χ3v) is 8.67. The van der Waals surface area contributed by atoms with Gasteiger partial charge in [-0.1, -0.05) is 36.9 Å². The Morgan fingerprint density at radius 3 is 2.49 bits per heavy atom. The maximum atomic E-state index is 13.9. The van der Waals surface area contributed by atoms with Gasteiger partial charge in [0.1, 0.15) is 0 Å². The number of urea groups is 1. The first-order chi connectivity index (χ1) is 21.8. The van der Waals surface area contributed by atoms with Crippen molar-refractivity contribution >= 4 is 40.6 Å². The van der Waals surface area contributed by atoms with Gasteiger partial charge in [0.05, 0.1) is 17.9 Å². The Balaban J connectivity index is 1.39. The van der Waals surface area contributed by atoms with E-state index >= 15 is 0 Å². The molecule has 234 valence electrons. The third-order valence-electron chi connectivity index (χ3n) is 8.67. The summed E-state index contributed by atoms with van der Waals surface area (Å²) < 4.78 is 0. The molecule has 0 spiro atoms. The van der Waals surface area contributed by atoms with Gasteiger partial charge >= 0.3 is 6.03 Å². The normalized spacial score (nSPS) is 20.0. The van der Waals surface area contributed by atoms with E-state index in [-0.39, 0.29) is 24.0 Å². The number of hydrogen-bond donors (Lipinski definition) is 3. The average Bonchev–Trinajstić information content (AvgIpc) is 3.07. The van der Waals surface area contributed by atoms with Crippen LogP contribution in [-0.2, 0) is 11.3 Å². The van der Waals surface area contributed by atoms with Gasteiger partial charge in [-0.05, 0) is 69.5 Å². The fraction of sp³-hybridized carbons (Fsp3) is 0.382. The smallest absolute Gasteiger partial charge is 0.322 e. The van der Waals surface area contributed by atoms with E-state index in [4.69, 9.17) is 6.57 Å². The first kappa shape index (κ1) is 31.5. The maximum Gasteiger partial charge on any atom is 0.322 e. The minimum atomic E-state index is -0.297. The molecule has 2 fully saturated rings. The van der Waals surface area contributed by atoms with Crippen molar-refractivity contribution in [1.82, 2.24) is 20.2 Å². The van der Waals surface area contributed by atoms with E-state index < -0.39 is 0 Å². The summed E-state index contributed by atoms with van der Waals surface area (Å²) in [6, 6.07) is 16.0. The number of hydrogen-bond acceptors (Lipinski definition) is 7. The van der Waals surface area contributed by atoms with Crippen molar-refractivity contribution in [2.75, 3.05) is 47.1 Å². The number of aromatic nitrogens is 2. The Morgan fingerprint density at radius 2 is 1.82 bits per heavy atom. The summed E-state index contributed by atoms with van der Waals surface area (Å²) in [7, 11) is 2.13. The maximum absolute atomic E-state index is 13.9. The zero-order valence-corrected chi connectivity index (χ0v) is 25.9. The van der Waals surface area contributed by atoms with E-state index in [0.717, 1.165) is 62.3 Å². The molecule has 2 aromatic carbocycles. The van der Waals surface area contributed by atoms with Crippen LogP contribution >= 0.6 is 0 Å². The summed E-state index contributed by atoms with van der Waals surface area (Å²) in [4.78, 5) is 44.8. The second-order valence-corrected chi connectivity index (χ2v) is 11.7. The van der Waals surface area contributed by atoms with Gasteiger partial charge in [0.15, 0.2) is 0 Å². The molecule has 3 aromatic rings. The summed E-state index contributed by atoms with van der Waals surface area (Å²) in [5.41, 5.74) is 3.72. The molecule has 2 heterocycles. The average molecular weight is 608 g/mol. The van der Waals surface area contributed by atoms with E-state index in [1.807, 2.05) is 53.4 Å². The molecule has 0 unspecified atom stereocenters. The minimum absolute atomic E-state index is 0.0540. The Bertz CT molecular complexity index is 1510. The molecule has 5 rings (SSSR count). The van der Waals surface area contributed by atoms with E-state index in [9.17, 15) is 9.59 Å². The Hall–Kier alpha value is -4.95. The molecule has 1 aromatic heterocycles. The number of carbonyl (C=O) groups is 2. The molecule has 2 aliphatic rings. The van der Waals surface area contributed by atoms with Crippen molar-refractivity contribution in [3.8, 4) is 0 Å². The highest BCUT2D eigenvalue weighted by Gasteiger charge is 2.31. The molecule has 11 heteroatoms. The zero-order valence-electron chi connectivity index (χ0n) is 25.9. The molecule has 0 radical (unpaired) electrons. The molecular weight excluding hydrogens is 566 g/mol. The quantitative estimate of drug-likeness (QED) is 0.220. The highest BCUT2D eigenvalue weighted by Crippen LogP contribution is 2.35. The van der Waals surface area contributed by atoms with Crippen molar-refractivity contribution in [2.24, 2.45) is 0 Å². The zero-order chi connectivity index (χ0) is 31.8. The van der Waals surface area contributed by atoms with Crippen LogP contribution in [0, 0.1) is 6.57 Å². The summed E-state index contributed by atoms with van der Waals surface area (Å²) in [5.74, 6) is 0.202. The summed E-state index contributed by atoms with van der Waals surface area (Å²) in [6.07, 6.45) is 7.46. The number of benzene rings is 2. The van der Waals surface area contributed by atoms with Crippen molar-refractivity contribution in [2.45, 2.75) is 57.3 Å². The van der Waals surface area contributed by atoms with Crippen LogP contribution in [0.1, 0.15) is 38.2 Å². The van der Waals surface area contributed by atoms with E-state index in [1.165, 1.54) is 18.5 Å². The van der Waals surface area contributed by atoms with Crippen LogP contribution < -0.4 is 25.8 Å². The lowest BCUT2D eigenvalue weighted by atomic mass is 9.90. The number of anilines is 4. The lowest BCUT2D eigenvalue weighted by Crippen LogP contribution is -2.50. The van der Waals surface area contributed by atoms with Crippen LogP contribution in [0.4, 0.5) is 33.5 Å². The topological polar surface area (TPSA) is 110 Å². The predicted molar refractivity (Wildman–Crippen MR) is 179 cm³/mol. The minimum Gasteiger partial charge on any atom is -0.367 e. The molecule has 0 bridgehead atoms. The second-order valence-electron chi connectivity index (χ2n) is 11.7. The number of carbonyl (C=O) groups excluding carboxylic acids is 2. The molecule has 1 saturated carbocycles. The Labute approximate surface area is 265 Å². The highest BCUT2D eigenvalue weighted by atomic mass is 16.2. The standard InChI is InChI=1S/C34H41N9O2/c1-5-32(44)40-30-19-29(15-16-31(30)42-18-17-41(4)24(2)23-42)43(34(45)38-20-25-9-7-6-8-10-25)28-13-11-26(12-14-28)39-33-36-21-27(35-3)22-37-33/h5-10,15-16,19,21-22,24,26,28H,1,11-14,17-18,20,23H2,2,4H3,(H,38,45)(H,40,44)(H,36,37,39)/t24-,26?,28?/m0/s1. The van der Waals surface area contributed by atoms with E-state index in [0.29, 0.717) is 29.9 Å². The third kappa shape index (κ3) is 7.96. The first-order valence-corrected chi connectivity index (χ1v) is 15.4. The molecule has 3 N–H and O–H groups in total. The second kappa shape index (κ2) is 14.7. The monoisotopic (exact) mass is 607 g/mol. The molecule has 1 saturated heterocycles. The molecule has 1 atom stereocenters. The molecule has 45 heavy (non-hydrogen) atoms. The molecule has 1 aliphatic carbocycles. The molecular formula is C34H41N9O2. The number of nitrogens with one attached hydrogen (secondary N) is 3. The summed E-state index contributed by atoms with van der Waals surface area (Å²) in [6.45, 7) is 15.9. The van der Waals surface area contributed by atoms with Crippen LogP contribution in [-0.4, -0.2) is 71.6 Å². The van der Waals surface area contributed by atoms with Gasteiger partial charge in [0, 0.05) is 62.4 Å². The Kier molecular flexibility index (Phi) is 10.3. The SMILES string of the molecule is [C-]#[N+]c1cnc(NC2CCC(N(C(=O)NCc3ccccc3)c3ccc(N4CCN(C)[C@@H](C)C4)c(NC(=O)C=C)c3)CC2)nc1. The van der Waals surface area contributed by atoms with Crippen LogP contribution in [0.25, 0.3) is 4.85 Å². The highest BCUT2D eigenvalue weighted by molar-refractivity contribution is 6.02. The van der Waals surface area contributed by atoms with E-state index in [2.05, 4.69) is 61.1 Å². The number of piperazine rings is 1. The largest absolute Gasteiger partial charge is 0.367 e. The van der Waals surface area contributed by atoms with Gasteiger partial charge in [-0.2, -0.15) is 0 Å². The van der Waals surface area contributed by atoms with Crippen LogP contribution in [0.3, 0.4) is 0 Å². The Morgan fingerprint density at radius 1 is 1.09 bits per heavy atom. The first-order valence-electron chi connectivity index (χ1n) is 15.4. The fourth-order valence-corrected chi connectivity index (χ4v) is 5.97. The predicted octanol–water partition coefficient (Wildman–Crippen LogP) is 5.43. The van der Waals surface area contributed by atoms with Gasteiger partial charge in [0.25, 0.3) is 0 Å². The van der Waals surface area contributed by atoms with Crippen molar-refractivity contribution in [1.29, 1.82) is 0 Å². The number of likely N-dealkylation sites (N-methyl/N-ethyl adjacent to an activating group) is 1. The van der Waals surface area contributed by atoms with Crippen molar-refractivity contribution < 1.29 is 9.59 Å². The van der Waals surface area contributed by atoms with Gasteiger partial charge in [0.2, 0.25) is 17.5 Å². The summed E-state index contributed by atoms with van der Waals surface area (Å²) >= 11 is 0. The van der Waals surface area contributed by atoms with Crippen LogP contribution in [0.5, 0.6) is 0 Å². The lowest BCUT2D eigenvalue weighted by molar-refractivity contribution is -0.111. The number of amides is 3. The number of nitrogens with zero attached hydrogens (tertiary/aromatic N) is 6. The van der Waals surface area contributed by atoms with Crippen LogP contribution in [0.2, 0.25) is 0 Å². The van der Waals surface area contributed by atoms with Crippen LogP contribution in [0.15, 0.2) is 73.6 Å². The van der Waals surface area contributed by atoms with Crippen molar-refractivity contribution in [3.05, 3.63) is 90.6 Å². The molecule has 3 amide bonds. The van der Waals surface area contributed by atoms with Gasteiger partial charge in [-0.3, -0.25) is 9.69 Å². The van der Waals surface area contributed by atoms with Gasteiger partial charge in [-0.25, -0.2) is 19.6 Å². The van der Waals surface area contributed by atoms with Crippen molar-refractivity contribution in [3.63, 3.8) is 0 Å². The fourth-order valence-electron chi connectivity index (χ4n) is 5.97. The summed E-state index contributed by atoms with van der Waals surface area (Å²) in [5, 5.41) is 9.52. The molecule has 11 nitrogen and oxygen atoms in total. The lowest BCUT2D eigenvalue weighted by Gasteiger charge is -2.40. The van der Waals surface area contributed by atoms with E-state index in [1.54, 1.807) is 0 Å². The number of rotatable bonds is 9.